The van der Waals surface area contributed by atoms with Gasteiger partial charge in [-0.3, -0.25) is 14.4 Å². The zero-order valence-corrected chi connectivity index (χ0v) is 16.3. The largest absolute Gasteiger partial charge is 0.497 e. The van der Waals surface area contributed by atoms with Crippen LogP contribution < -0.4 is 15.4 Å². The normalized spacial score (nSPS) is 21.6. The quantitative estimate of drug-likeness (QED) is 0.770. The summed E-state index contributed by atoms with van der Waals surface area (Å²) in [5, 5.41) is 5.73. The molecule has 1 aromatic carbocycles. The summed E-state index contributed by atoms with van der Waals surface area (Å²) in [6, 6.07) is 6.58. The molecule has 8 nitrogen and oxygen atoms in total. The summed E-state index contributed by atoms with van der Waals surface area (Å²) in [5.74, 6) is 0.0954. The number of benzene rings is 1. The Hall–Kier alpha value is -2.61. The Kier molecular flexibility index (Phi) is 6.18. The zero-order chi connectivity index (χ0) is 20.1. The van der Waals surface area contributed by atoms with Gasteiger partial charge in [0, 0.05) is 26.7 Å². The second-order valence-corrected chi connectivity index (χ2v) is 7.43. The average Bonchev–Trinajstić information content (AvgIpc) is 2.79. The SMILES string of the molecule is COc1ccc(CC(=O)N2CC(NC(C)=O)C(=O)NC3(CCOCC3)C2)cc1. The molecule has 2 fully saturated rings. The van der Waals surface area contributed by atoms with Crippen molar-refractivity contribution in [3.05, 3.63) is 29.8 Å². The van der Waals surface area contributed by atoms with Gasteiger partial charge in [-0.15, -0.1) is 0 Å². The minimum atomic E-state index is -0.764. The van der Waals surface area contributed by atoms with Gasteiger partial charge in [-0.1, -0.05) is 12.1 Å². The second kappa shape index (κ2) is 8.60. The first-order valence-electron chi connectivity index (χ1n) is 9.48. The number of ether oxygens (including phenoxy) is 2. The van der Waals surface area contributed by atoms with Crippen LogP contribution in [0.3, 0.4) is 0 Å². The number of methoxy groups -OCH3 is 1. The highest BCUT2D eigenvalue weighted by molar-refractivity contribution is 5.89. The predicted octanol–water partition coefficient (Wildman–Crippen LogP) is 0.250. The van der Waals surface area contributed by atoms with E-state index in [-0.39, 0.29) is 30.7 Å². The molecule has 8 heteroatoms. The first kappa shape index (κ1) is 20.1. The Balaban J connectivity index is 1.79. The minimum absolute atomic E-state index is 0.0807. The lowest BCUT2D eigenvalue weighted by Gasteiger charge is -2.39. The summed E-state index contributed by atoms with van der Waals surface area (Å²) < 4.78 is 10.6. The number of carbonyl (C=O) groups is 3. The van der Waals surface area contributed by atoms with E-state index in [2.05, 4.69) is 10.6 Å². The number of amides is 3. The molecule has 2 heterocycles. The fraction of sp³-hybridized carbons (Fsp3) is 0.550. The maximum Gasteiger partial charge on any atom is 0.244 e. The van der Waals surface area contributed by atoms with Gasteiger partial charge < -0.3 is 25.0 Å². The van der Waals surface area contributed by atoms with E-state index < -0.39 is 11.6 Å². The fourth-order valence-electron chi connectivity index (χ4n) is 3.74. The van der Waals surface area contributed by atoms with Gasteiger partial charge in [0.25, 0.3) is 0 Å². The highest BCUT2D eigenvalue weighted by Gasteiger charge is 2.42. The van der Waals surface area contributed by atoms with E-state index in [0.717, 1.165) is 11.3 Å². The van der Waals surface area contributed by atoms with Gasteiger partial charge in [0.1, 0.15) is 11.8 Å². The molecule has 0 bridgehead atoms. The standard InChI is InChI=1S/C20H27N3O5/c1-14(24)21-17-12-23(13-20(22-19(17)26)7-9-28-10-8-20)18(25)11-15-3-5-16(27-2)6-4-15/h3-6,17H,7-13H2,1-2H3,(H,21,24)(H,22,26). The molecule has 0 radical (unpaired) electrons. The van der Waals surface area contributed by atoms with Crippen molar-refractivity contribution in [2.24, 2.45) is 0 Å². The predicted molar refractivity (Wildman–Crippen MR) is 102 cm³/mol. The third kappa shape index (κ3) is 4.81. The van der Waals surface area contributed by atoms with Gasteiger partial charge in [-0.2, -0.15) is 0 Å². The van der Waals surface area contributed by atoms with Gasteiger partial charge in [-0.25, -0.2) is 0 Å². The van der Waals surface area contributed by atoms with Gasteiger partial charge >= 0.3 is 0 Å². The molecule has 2 N–H and O–H groups in total. The number of hydrogen-bond donors (Lipinski definition) is 2. The van der Waals surface area contributed by atoms with Crippen LogP contribution in [0, 0.1) is 0 Å². The van der Waals surface area contributed by atoms with E-state index in [1.54, 1.807) is 12.0 Å². The van der Waals surface area contributed by atoms with Gasteiger partial charge in [-0.05, 0) is 30.5 Å². The molecule has 0 aromatic heterocycles. The van der Waals surface area contributed by atoms with Crippen LogP contribution in [0.15, 0.2) is 24.3 Å². The van der Waals surface area contributed by atoms with Crippen LogP contribution in [0.4, 0.5) is 0 Å². The number of nitrogens with zero attached hydrogens (tertiary/aromatic N) is 1. The molecule has 0 saturated carbocycles. The number of nitrogens with one attached hydrogen (secondary N) is 2. The monoisotopic (exact) mass is 389 g/mol. The van der Waals surface area contributed by atoms with Crippen LogP contribution in [0.2, 0.25) is 0 Å². The molecule has 1 atom stereocenters. The van der Waals surface area contributed by atoms with Gasteiger partial charge in [0.2, 0.25) is 17.7 Å². The van der Waals surface area contributed by atoms with E-state index in [1.165, 1.54) is 6.92 Å². The maximum absolute atomic E-state index is 13.1. The van der Waals surface area contributed by atoms with Crippen molar-refractivity contribution in [3.63, 3.8) is 0 Å². The Morgan fingerprint density at radius 3 is 2.57 bits per heavy atom. The van der Waals surface area contributed by atoms with Gasteiger partial charge in [0.15, 0.2) is 0 Å². The molecule has 1 unspecified atom stereocenters. The van der Waals surface area contributed by atoms with Crippen molar-refractivity contribution in [2.45, 2.75) is 37.8 Å². The summed E-state index contributed by atoms with van der Waals surface area (Å²) in [6.45, 7) is 3.00. The van der Waals surface area contributed by atoms with Crippen molar-refractivity contribution in [1.82, 2.24) is 15.5 Å². The Bertz CT molecular complexity index is 728. The molecule has 1 spiro atoms. The Morgan fingerprint density at radius 2 is 1.96 bits per heavy atom. The molecule has 152 valence electrons. The minimum Gasteiger partial charge on any atom is -0.497 e. The molecular formula is C20H27N3O5. The zero-order valence-electron chi connectivity index (χ0n) is 16.3. The summed E-state index contributed by atoms with van der Waals surface area (Å²) >= 11 is 0. The van der Waals surface area contributed by atoms with Crippen molar-refractivity contribution in [2.75, 3.05) is 33.4 Å². The molecule has 28 heavy (non-hydrogen) atoms. The van der Waals surface area contributed by atoms with Crippen LogP contribution in [-0.2, 0) is 25.5 Å². The number of rotatable bonds is 4. The van der Waals surface area contributed by atoms with Crippen molar-refractivity contribution in [3.8, 4) is 5.75 Å². The molecule has 0 aliphatic carbocycles. The highest BCUT2D eigenvalue weighted by Crippen LogP contribution is 2.25. The van der Waals surface area contributed by atoms with Crippen molar-refractivity contribution >= 4 is 17.7 Å². The second-order valence-electron chi connectivity index (χ2n) is 7.43. The molecule has 3 amide bonds. The number of hydrogen-bond acceptors (Lipinski definition) is 5. The van der Waals surface area contributed by atoms with Crippen molar-refractivity contribution < 1.29 is 23.9 Å². The van der Waals surface area contributed by atoms with E-state index in [1.807, 2.05) is 24.3 Å². The molecular weight excluding hydrogens is 362 g/mol. The van der Waals surface area contributed by atoms with E-state index >= 15 is 0 Å². The molecule has 3 rings (SSSR count). The lowest BCUT2D eigenvalue weighted by atomic mass is 9.89. The average molecular weight is 389 g/mol. The topological polar surface area (TPSA) is 97.0 Å². The van der Waals surface area contributed by atoms with Crippen LogP contribution in [0.25, 0.3) is 0 Å². The first-order valence-corrected chi connectivity index (χ1v) is 9.48. The van der Waals surface area contributed by atoms with E-state index in [9.17, 15) is 14.4 Å². The van der Waals surface area contributed by atoms with Gasteiger partial charge in [0.05, 0.1) is 25.6 Å². The van der Waals surface area contributed by atoms with Crippen LogP contribution in [0.5, 0.6) is 5.75 Å². The molecule has 2 saturated heterocycles. The molecule has 2 aliphatic heterocycles. The third-order valence-corrected chi connectivity index (χ3v) is 5.30. The highest BCUT2D eigenvalue weighted by atomic mass is 16.5. The Labute approximate surface area is 164 Å². The lowest BCUT2D eigenvalue weighted by Crippen LogP contribution is -2.58. The fourth-order valence-corrected chi connectivity index (χ4v) is 3.74. The maximum atomic E-state index is 13.1. The van der Waals surface area contributed by atoms with Crippen LogP contribution in [-0.4, -0.2) is 67.6 Å². The Morgan fingerprint density at radius 1 is 1.29 bits per heavy atom. The summed E-state index contributed by atoms with van der Waals surface area (Å²) in [5.41, 5.74) is 0.351. The molecule has 1 aromatic rings. The van der Waals surface area contributed by atoms with Crippen LogP contribution in [0.1, 0.15) is 25.3 Å². The molecule has 2 aliphatic rings. The first-order chi connectivity index (χ1) is 13.4. The third-order valence-electron chi connectivity index (χ3n) is 5.30. The van der Waals surface area contributed by atoms with E-state index in [0.29, 0.717) is 32.6 Å². The number of carbonyl (C=O) groups excluding carboxylic acids is 3. The van der Waals surface area contributed by atoms with E-state index in [4.69, 9.17) is 9.47 Å². The van der Waals surface area contributed by atoms with Crippen molar-refractivity contribution in [1.29, 1.82) is 0 Å². The van der Waals surface area contributed by atoms with Crippen LogP contribution >= 0.6 is 0 Å². The summed E-state index contributed by atoms with van der Waals surface area (Å²) in [7, 11) is 1.59. The smallest absolute Gasteiger partial charge is 0.244 e. The summed E-state index contributed by atoms with van der Waals surface area (Å²) in [4.78, 5) is 39.0. The lowest BCUT2D eigenvalue weighted by molar-refractivity contribution is -0.132. The summed E-state index contributed by atoms with van der Waals surface area (Å²) in [6.07, 6.45) is 1.49.